The molecule has 116 valence electrons. The number of hydrogen-bond acceptors (Lipinski definition) is 2. The molecule has 0 aliphatic heterocycles. The minimum Gasteiger partial charge on any atom is -0.486 e. The second kappa shape index (κ2) is 7.01. The SMILES string of the molecule is Cc1ccc(Oc2cccc(OC(C)c3ccccc3)c2)cc1. The smallest absolute Gasteiger partial charge is 0.131 e. The van der Waals surface area contributed by atoms with Crippen LogP contribution in [0.15, 0.2) is 78.9 Å². The Hall–Kier alpha value is -2.74. The number of benzene rings is 3. The van der Waals surface area contributed by atoms with E-state index < -0.39 is 0 Å². The molecule has 0 spiro atoms. The predicted octanol–water partition coefficient (Wildman–Crippen LogP) is 5.93. The van der Waals surface area contributed by atoms with Crippen LogP contribution in [0.4, 0.5) is 0 Å². The molecule has 0 saturated heterocycles. The van der Waals surface area contributed by atoms with Gasteiger partial charge in [0, 0.05) is 6.07 Å². The van der Waals surface area contributed by atoms with E-state index in [9.17, 15) is 0 Å². The summed E-state index contributed by atoms with van der Waals surface area (Å²) in [5, 5.41) is 0. The van der Waals surface area contributed by atoms with Crippen LogP contribution in [0, 0.1) is 6.92 Å². The van der Waals surface area contributed by atoms with Crippen molar-refractivity contribution in [2.75, 3.05) is 0 Å². The van der Waals surface area contributed by atoms with E-state index in [0.29, 0.717) is 0 Å². The molecule has 0 aromatic heterocycles. The maximum absolute atomic E-state index is 6.02. The van der Waals surface area contributed by atoms with Gasteiger partial charge in [-0.1, -0.05) is 54.1 Å². The zero-order chi connectivity index (χ0) is 16.1. The van der Waals surface area contributed by atoms with Crippen molar-refractivity contribution in [2.24, 2.45) is 0 Å². The Bertz CT molecular complexity index is 748. The summed E-state index contributed by atoms with van der Waals surface area (Å²) in [6.07, 6.45) is -0.00850. The summed E-state index contributed by atoms with van der Waals surface area (Å²) >= 11 is 0. The van der Waals surface area contributed by atoms with Gasteiger partial charge in [0.2, 0.25) is 0 Å². The predicted molar refractivity (Wildman–Crippen MR) is 93.2 cm³/mol. The molecule has 2 heteroatoms. The van der Waals surface area contributed by atoms with E-state index in [-0.39, 0.29) is 6.10 Å². The lowest BCUT2D eigenvalue weighted by Crippen LogP contribution is -2.02. The summed E-state index contributed by atoms with van der Waals surface area (Å²) in [5.74, 6) is 2.39. The lowest BCUT2D eigenvalue weighted by Gasteiger charge is -2.16. The number of rotatable bonds is 5. The molecule has 1 atom stereocenters. The molecule has 3 aromatic carbocycles. The fourth-order valence-electron chi connectivity index (χ4n) is 2.35. The third-order valence-corrected chi connectivity index (χ3v) is 3.64. The highest BCUT2D eigenvalue weighted by Gasteiger charge is 2.07. The van der Waals surface area contributed by atoms with Gasteiger partial charge >= 0.3 is 0 Å². The van der Waals surface area contributed by atoms with Crippen LogP contribution in [0.2, 0.25) is 0 Å². The summed E-state index contributed by atoms with van der Waals surface area (Å²) < 4.78 is 11.9. The Kier molecular flexibility index (Phi) is 4.62. The van der Waals surface area contributed by atoms with E-state index in [4.69, 9.17) is 9.47 Å². The summed E-state index contributed by atoms with van der Waals surface area (Å²) in [4.78, 5) is 0. The monoisotopic (exact) mass is 304 g/mol. The standard InChI is InChI=1S/C21H20O2/c1-16-11-13-19(14-12-16)23-21-10-6-9-20(15-21)22-17(2)18-7-4-3-5-8-18/h3-15,17H,1-2H3. The molecule has 0 fully saturated rings. The van der Waals surface area contributed by atoms with Crippen LogP contribution in [0.5, 0.6) is 17.2 Å². The summed E-state index contributed by atoms with van der Waals surface area (Å²) in [6.45, 7) is 4.10. The van der Waals surface area contributed by atoms with Crippen molar-refractivity contribution in [1.29, 1.82) is 0 Å². The zero-order valence-electron chi connectivity index (χ0n) is 13.4. The van der Waals surface area contributed by atoms with Crippen LogP contribution in [-0.4, -0.2) is 0 Å². The molecule has 3 rings (SSSR count). The zero-order valence-corrected chi connectivity index (χ0v) is 13.4. The first-order chi connectivity index (χ1) is 11.2. The highest BCUT2D eigenvalue weighted by Crippen LogP contribution is 2.28. The molecule has 23 heavy (non-hydrogen) atoms. The van der Waals surface area contributed by atoms with Crippen LogP contribution < -0.4 is 9.47 Å². The summed E-state index contributed by atoms with van der Waals surface area (Å²) in [6, 6.07) is 25.9. The lowest BCUT2D eigenvalue weighted by atomic mass is 10.1. The Balaban J connectivity index is 1.71. The molecule has 0 radical (unpaired) electrons. The largest absolute Gasteiger partial charge is 0.486 e. The van der Waals surface area contributed by atoms with Gasteiger partial charge in [-0.2, -0.15) is 0 Å². The molecule has 0 aliphatic rings. The van der Waals surface area contributed by atoms with Crippen molar-refractivity contribution in [3.05, 3.63) is 90.0 Å². The molecule has 0 heterocycles. The average Bonchev–Trinajstić information content (AvgIpc) is 2.58. The van der Waals surface area contributed by atoms with Gasteiger partial charge in [-0.3, -0.25) is 0 Å². The molecule has 1 unspecified atom stereocenters. The molecular weight excluding hydrogens is 284 g/mol. The van der Waals surface area contributed by atoms with Gasteiger partial charge in [0.25, 0.3) is 0 Å². The first-order valence-electron chi connectivity index (χ1n) is 7.77. The van der Waals surface area contributed by atoms with E-state index in [1.54, 1.807) is 0 Å². The van der Waals surface area contributed by atoms with Crippen molar-refractivity contribution in [3.63, 3.8) is 0 Å². The summed E-state index contributed by atoms with van der Waals surface area (Å²) in [7, 11) is 0. The molecule has 2 nitrogen and oxygen atoms in total. The second-order valence-corrected chi connectivity index (χ2v) is 5.56. The van der Waals surface area contributed by atoms with Gasteiger partial charge in [0.05, 0.1) is 0 Å². The highest BCUT2D eigenvalue weighted by molar-refractivity contribution is 5.37. The van der Waals surface area contributed by atoms with Crippen LogP contribution >= 0.6 is 0 Å². The molecule has 0 bridgehead atoms. The third-order valence-electron chi connectivity index (χ3n) is 3.64. The Morgan fingerprint density at radius 3 is 2.13 bits per heavy atom. The van der Waals surface area contributed by atoms with Crippen molar-refractivity contribution in [1.82, 2.24) is 0 Å². The quantitative estimate of drug-likeness (QED) is 0.582. The van der Waals surface area contributed by atoms with Crippen LogP contribution in [-0.2, 0) is 0 Å². The normalized spacial score (nSPS) is 11.7. The van der Waals surface area contributed by atoms with E-state index >= 15 is 0 Å². The molecule has 0 saturated carbocycles. The van der Waals surface area contributed by atoms with Crippen molar-refractivity contribution in [2.45, 2.75) is 20.0 Å². The van der Waals surface area contributed by atoms with Gasteiger partial charge < -0.3 is 9.47 Å². The van der Waals surface area contributed by atoms with Crippen LogP contribution in [0.1, 0.15) is 24.2 Å². The molecule has 3 aromatic rings. The summed E-state index contributed by atoms with van der Waals surface area (Å²) in [5.41, 5.74) is 2.36. The van der Waals surface area contributed by atoms with Gasteiger partial charge in [-0.05, 0) is 43.7 Å². The van der Waals surface area contributed by atoms with Gasteiger partial charge in [0.1, 0.15) is 23.4 Å². The molecule has 0 amide bonds. The first-order valence-corrected chi connectivity index (χ1v) is 7.77. The fraction of sp³-hybridized carbons (Fsp3) is 0.143. The van der Waals surface area contributed by atoms with Crippen molar-refractivity contribution >= 4 is 0 Å². The van der Waals surface area contributed by atoms with E-state index in [2.05, 4.69) is 19.1 Å². The number of hydrogen-bond donors (Lipinski definition) is 0. The first kappa shape index (κ1) is 15.2. The Morgan fingerprint density at radius 1 is 0.696 bits per heavy atom. The second-order valence-electron chi connectivity index (χ2n) is 5.56. The average molecular weight is 304 g/mol. The van der Waals surface area contributed by atoms with Gasteiger partial charge in [-0.25, -0.2) is 0 Å². The maximum atomic E-state index is 6.02. The molecule has 0 aliphatic carbocycles. The fourth-order valence-corrected chi connectivity index (χ4v) is 2.35. The molecule has 0 N–H and O–H groups in total. The number of aryl methyl sites for hydroxylation is 1. The highest BCUT2D eigenvalue weighted by atomic mass is 16.5. The topological polar surface area (TPSA) is 18.5 Å². The van der Waals surface area contributed by atoms with Crippen LogP contribution in [0.3, 0.4) is 0 Å². The van der Waals surface area contributed by atoms with Crippen molar-refractivity contribution < 1.29 is 9.47 Å². The van der Waals surface area contributed by atoms with E-state index in [1.807, 2.05) is 73.7 Å². The third kappa shape index (κ3) is 4.13. The maximum Gasteiger partial charge on any atom is 0.131 e. The number of ether oxygens (including phenoxy) is 2. The lowest BCUT2D eigenvalue weighted by molar-refractivity contribution is 0.226. The molecular formula is C21H20O2. The Labute approximate surface area is 137 Å². The van der Waals surface area contributed by atoms with Gasteiger partial charge in [-0.15, -0.1) is 0 Å². The minimum absolute atomic E-state index is 0.00850. The van der Waals surface area contributed by atoms with Gasteiger partial charge in [0.15, 0.2) is 0 Å². The van der Waals surface area contributed by atoms with E-state index in [0.717, 1.165) is 22.8 Å². The van der Waals surface area contributed by atoms with E-state index in [1.165, 1.54) is 5.56 Å². The Morgan fingerprint density at radius 2 is 1.39 bits per heavy atom. The minimum atomic E-state index is -0.00850. The van der Waals surface area contributed by atoms with Crippen LogP contribution in [0.25, 0.3) is 0 Å². The van der Waals surface area contributed by atoms with Crippen molar-refractivity contribution in [3.8, 4) is 17.2 Å².